The first-order chi connectivity index (χ1) is 10.4. The van der Waals surface area contributed by atoms with Gasteiger partial charge in [-0.05, 0) is 55.0 Å². The van der Waals surface area contributed by atoms with E-state index < -0.39 is 15.8 Å². The molecule has 0 spiro atoms. The van der Waals surface area contributed by atoms with E-state index in [0.717, 1.165) is 11.0 Å². The third-order valence-electron chi connectivity index (χ3n) is 2.90. The monoisotopic (exact) mass is 359 g/mol. The molecule has 0 fully saturated rings. The summed E-state index contributed by atoms with van der Waals surface area (Å²) < 4.78 is 39.9. The van der Waals surface area contributed by atoms with E-state index in [0.29, 0.717) is 16.3 Å². The van der Waals surface area contributed by atoms with Crippen LogP contribution in [0, 0.1) is 12.7 Å². The molecule has 0 saturated carbocycles. The SMILES string of the molecule is Cc1cc(F)ccc1S(=O)(=O)NCCSc1ccc(Cl)cc1. The number of sulfonamides is 1. The van der Waals surface area contributed by atoms with Crippen LogP contribution < -0.4 is 4.72 Å². The summed E-state index contributed by atoms with van der Waals surface area (Å²) >= 11 is 7.33. The van der Waals surface area contributed by atoms with Gasteiger partial charge in [-0.25, -0.2) is 17.5 Å². The van der Waals surface area contributed by atoms with Crippen LogP contribution in [0.25, 0.3) is 0 Å². The molecule has 0 amide bonds. The van der Waals surface area contributed by atoms with Crippen molar-refractivity contribution in [2.75, 3.05) is 12.3 Å². The molecule has 1 N–H and O–H groups in total. The van der Waals surface area contributed by atoms with Crippen LogP contribution >= 0.6 is 23.4 Å². The summed E-state index contributed by atoms with van der Waals surface area (Å²) in [5.74, 6) is 0.135. The first kappa shape index (κ1) is 17.3. The van der Waals surface area contributed by atoms with E-state index >= 15 is 0 Å². The van der Waals surface area contributed by atoms with Gasteiger partial charge in [-0.1, -0.05) is 11.6 Å². The van der Waals surface area contributed by atoms with Crippen LogP contribution in [0.3, 0.4) is 0 Å². The van der Waals surface area contributed by atoms with Gasteiger partial charge in [0.2, 0.25) is 10.0 Å². The van der Waals surface area contributed by atoms with Crippen LogP contribution in [0.5, 0.6) is 0 Å². The standard InChI is InChI=1S/C15H15ClFNO2S2/c1-11-10-13(17)4-7-15(11)22(19,20)18-8-9-21-14-5-2-12(16)3-6-14/h2-7,10,18H,8-9H2,1H3. The van der Waals surface area contributed by atoms with Gasteiger partial charge in [0, 0.05) is 22.2 Å². The van der Waals surface area contributed by atoms with Gasteiger partial charge in [-0.2, -0.15) is 0 Å². The van der Waals surface area contributed by atoms with Crippen LogP contribution in [-0.2, 0) is 10.0 Å². The maximum Gasteiger partial charge on any atom is 0.240 e. The van der Waals surface area contributed by atoms with E-state index in [9.17, 15) is 12.8 Å². The Morgan fingerprint density at radius 2 is 1.86 bits per heavy atom. The maximum atomic E-state index is 13.0. The van der Waals surface area contributed by atoms with Gasteiger partial charge in [0.15, 0.2) is 0 Å². The molecule has 2 aromatic carbocycles. The Kier molecular flexibility index (Phi) is 5.86. The molecule has 0 radical (unpaired) electrons. The summed E-state index contributed by atoms with van der Waals surface area (Å²) in [5, 5.41) is 0.664. The molecule has 0 aromatic heterocycles. The van der Waals surface area contributed by atoms with Crippen LogP contribution in [0.4, 0.5) is 4.39 Å². The van der Waals surface area contributed by atoms with Crippen molar-refractivity contribution < 1.29 is 12.8 Å². The van der Waals surface area contributed by atoms with Crippen molar-refractivity contribution >= 4 is 33.4 Å². The number of hydrogen-bond acceptors (Lipinski definition) is 3. The predicted molar refractivity (Wildman–Crippen MR) is 88.5 cm³/mol. The third-order valence-corrected chi connectivity index (χ3v) is 5.79. The maximum absolute atomic E-state index is 13.0. The molecule has 7 heteroatoms. The number of aryl methyl sites for hydroxylation is 1. The highest BCUT2D eigenvalue weighted by molar-refractivity contribution is 7.99. The Morgan fingerprint density at radius 1 is 1.18 bits per heavy atom. The average molecular weight is 360 g/mol. The molecular weight excluding hydrogens is 345 g/mol. The first-order valence-electron chi connectivity index (χ1n) is 6.53. The van der Waals surface area contributed by atoms with Crippen molar-refractivity contribution in [2.24, 2.45) is 0 Å². The molecule has 2 aromatic rings. The zero-order valence-electron chi connectivity index (χ0n) is 11.8. The molecule has 0 aliphatic rings. The van der Waals surface area contributed by atoms with Crippen LogP contribution in [0.15, 0.2) is 52.3 Å². The Hall–Kier alpha value is -1.08. The van der Waals surface area contributed by atoms with Gasteiger partial charge >= 0.3 is 0 Å². The fraction of sp³-hybridized carbons (Fsp3) is 0.200. The van der Waals surface area contributed by atoms with Crippen LogP contribution in [-0.4, -0.2) is 20.7 Å². The topological polar surface area (TPSA) is 46.2 Å². The molecule has 0 unspecified atom stereocenters. The van der Waals surface area contributed by atoms with Crippen molar-refractivity contribution in [1.29, 1.82) is 0 Å². The molecule has 0 atom stereocenters. The van der Waals surface area contributed by atoms with Gasteiger partial charge < -0.3 is 0 Å². The largest absolute Gasteiger partial charge is 0.240 e. The molecule has 0 aliphatic carbocycles. The Balaban J connectivity index is 1.91. The normalized spacial score (nSPS) is 11.6. The zero-order valence-corrected chi connectivity index (χ0v) is 14.2. The summed E-state index contributed by atoms with van der Waals surface area (Å²) in [7, 11) is -3.62. The summed E-state index contributed by atoms with van der Waals surface area (Å²) in [4.78, 5) is 1.12. The molecule has 0 saturated heterocycles. The highest BCUT2D eigenvalue weighted by atomic mass is 35.5. The minimum atomic E-state index is -3.62. The average Bonchev–Trinajstić information content (AvgIpc) is 2.45. The molecule has 0 heterocycles. The summed E-state index contributed by atoms with van der Waals surface area (Å²) in [6.45, 7) is 1.85. The second kappa shape index (κ2) is 7.46. The molecule has 2 rings (SSSR count). The summed E-state index contributed by atoms with van der Waals surface area (Å²) in [5.41, 5.74) is 0.387. The van der Waals surface area contributed by atoms with Crippen LogP contribution in [0.1, 0.15) is 5.56 Å². The van der Waals surface area contributed by atoms with Crippen molar-refractivity contribution in [2.45, 2.75) is 16.7 Å². The van der Waals surface area contributed by atoms with Crippen LogP contribution in [0.2, 0.25) is 5.02 Å². The highest BCUT2D eigenvalue weighted by Crippen LogP contribution is 2.20. The second-order valence-corrected chi connectivity index (χ2v) is 7.95. The van der Waals surface area contributed by atoms with Crippen molar-refractivity contribution in [3.05, 3.63) is 58.9 Å². The summed E-state index contributed by atoms with van der Waals surface area (Å²) in [6, 6.07) is 11.0. The number of halogens is 2. The van der Waals surface area contributed by atoms with E-state index in [4.69, 9.17) is 11.6 Å². The van der Waals surface area contributed by atoms with Crippen molar-refractivity contribution in [3.63, 3.8) is 0 Å². The number of benzene rings is 2. The van der Waals surface area contributed by atoms with E-state index in [-0.39, 0.29) is 11.4 Å². The highest BCUT2D eigenvalue weighted by Gasteiger charge is 2.16. The molecular formula is C15H15ClFNO2S2. The fourth-order valence-electron chi connectivity index (χ4n) is 1.87. The Labute approximate surface area is 138 Å². The zero-order chi connectivity index (χ0) is 16.2. The van der Waals surface area contributed by atoms with Crippen molar-refractivity contribution in [1.82, 2.24) is 4.72 Å². The lowest BCUT2D eigenvalue weighted by Gasteiger charge is -2.09. The van der Waals surface area contributed by atoms with Gasteiger partial charge in [0.1, 0.15) is 5.82 Å². The molecule has 0 aliphatic heterocycles. The van der Waals surface area contributed by atoms with Gasteiger partial charge in [0.25, 0.3) is 0 Å². The Bertz CT molecular complexity index is 749. The molecule has 0 bridgehead atoms. The second-order valence-electron chi connectivity index (χ2n) is 4.61. The number of thioether (sulfide) groups is 1. The lowest BCUT2D eigenvalue weighted by atomic mass is 10.2. The number of rotatable bonds is 6. The van der Waals surface area contributed by atoms with E-state index in [2.05, 4.69) is 4.72 Å². The Morgan fingerprint density at radius 3 is 2.50 bits per heavy atom. The summed E-state index contributed by atoms with van der Waals surface area (Å²) in [6.07, 6.45) is 0. The number of hydrogen-bond donors (Lipinski definition) is 1. The first-order valence-corrected chi connectivity index (χ1v) is 9.37. The smallest absolute Gasteiger partial charge is 0.210 e. The van der Waals surface area contributed by atoms with Gasteiger partial charge in [0.05, 0.1) is 4.90 Å². The minimum absolute atomic E-state index is 0.102. The molecule has 22 heavy (non-hydrogen) atoms. The lowest BCUT2D eigenvalue weighted by Crippen LogP contribution is -2.26. The van der Waals surface area contributed by atoms with Gasteiger partial charge in [-0.3, -0.25) is 0 Å². The van der Waals surface area contributed by atoms with Gasteiger partial charge in [-0.15, -0.1) is 11.8 Å². The fourth-order valence-corrected chi connectivity index (χ4v) is 4.15. The van der Waals surface area contributed by atoms with E-state index in [1.165, 1.54) is 23.9 Å². The predicted octanol–water partition coefficient (Wildman–Crippen LogP) is 3.86. The van der Waals surface area contributed by atoms with Crippen molar-refractivity contribution in [3.8, 4) is 0 Å². The van der Waals surface area contributed by atoms with E-state index in [1.54, 1.807) is 19.1 Å². The minimum Gasteiger partial charge on any atom is -0.210 e. The number of nitrogens with one attached hydrogen (secondary N) is 1. The van der Waals surface area contributed by atoms with E-state index in [1.807, 2.05) is 12.1 Å². The lowest BCUT2D eigenvalue weighted by molar-refractivity contribution is 0.582. The third kappa shape index (κ3) is 4.71. The molecule has 118 valence electrons. The molecule has 3 nitrogen and oxygen atoms in total. The quantitative estimate of drug-likeness (QED) is 0.629.